The molecule has 9 heteroatoms. The van der Waals surface area contributed by atoms with Gasteiger partial charge >= 0.3 is 5.91 Å². The minimum atomic E-state index is -0.887. The van der Waals surface area contributed by atoms with Crippen LogP contribution in [0.15, 0.2) is 67.7 Å². The third-order valence-corrected chi connectivity index (χ3v) is 6.12. The van der Waals surface area contributed by atoms with Crippen LogP contribution < -0.4 is 10.1 Å². The van der Waals surface area contributed by atoms with Gasteiger partial charge in [-0.15, -0.1) is 4.91 Å². The first-order valence-electron chi connectivity index (χ1n) is 8.14. The lowest BCUT2D eigenvalue weighted by Gasteiger charge is -2.13. The highest BCUT2D eigenvalue weighted by molar-refractivity contribution is 9.11. The lowest BCUT2D eigenvalue weighted by Crippen LogP contribution is -2.18. The first-order valence-corrected chi connectivity index (χ1v) is 10.9. The zero-order valence-electron chi connectivity index (χ0n) is 14.4. The number of carbonyl (C=O) groups excluding carboxylic acids is 2. The van der Waals surface area contributed by atoms with E-state index in [4.69, 9.17) is 4.74 Å². The van der Waals surface area contributed by atoms with Crippen LogP contribution in [-0.4, -0.2) is 23.3 Å². The van der Waals surface area contributed by atoms with Gasteiger partial charge in [0.1, 0.15) is 12.4 Å². The third kappa shape index (κ3) is 4.89. The average Bonchev–Trinajstić information content (AvgIpc) is 3.17. The lowest BCUT2D eigenvalue weighted by atomic mass is 10.1. The molecule has 1 aliphatic heterocycles. The molecule has 0 saturated heterocycles. The maximum atomic E-state index is 12.5. The fourth-order valence-corrected chi connectivity index (χ4v) is 5.11. The average molecular weight is 526 g/mol. The Morgan fingerprint density at radius 1 is 1.07 bits per heavy atom. The largest absolute Gasteiger partial charge is 0.487 e. The van der Waals surface area contributed by atoms with Crippen molar-refractivity contribution in [1.29, 1.82) is 0 Å². The van der Waals surface area contributed by atoms with Crippen molar-refractivity contribution in [3.63, 3.8) is 0 Å². The van der Waals surface area contributed by atoms with E-state index in [0.29, 0.717) is 38.5 Å². The van der Waals surface area contributed by atoms with Gasteiger partial charge in [-0.3, -0.25) is 9.59 Å². The molecule has 0 spiro atoms. The van der Waals surface area contributed by atoms with Crippen molar-refractivity contribution in [3.8, 4) is 5.75 Å². The van der Waals surface area contributed by atoms with Crippen molar-refractivity contribution < 1.29 is 14.3 Å². The molecule has 144 valence electrons. The predicted octanol–water partition coefficient (Wildman–Crippen LogP) is 5.07. The number of halogens is 2. The Balaban J connectivity index is 1.74. The van der Waals surface area contributed by atoms with Crippen LogP contribution in [0.4, 0.5) is 5.69 Å². The number of carbonyl (C=O) groups is 2. The molecule has 0 aliphatic carbocycles. The van der Waals surface area contributed by atoms with Gasteiger partial charge in [-0.05, 0) is 49.6 Å². The van der Waals surface area contributed by atoms with Crippen molar-refractivity contribution >= 4 is 61.1 Å². The van der Waals surface area contributed by atoms with Crippen molar-refractivity contribution in [2.75, 3.05) is 16.8 Å². The zero-order valence-corrected chi connectivity index (χ0v) is 18.4. The Bertz CT molecular complexity index is 941. The van der Waals surface area contributed by atoms with Gasteiger partial charge in [0, 0.05) is 33.5 Å². The van der Waals surface area contributed by atoms with E-state index in [1.165, 1.54) is 11.8 Å². The summed E-state index contributed by atoms with van der Waals surface area (Å²) >= 11 is 8.31. The number of ether oxygens (including phenoxy) is 1. The van der Waals surface area contributed by atoms with Crippen molar-refractivity contribution in [2.24, 2.45) is 5.18 Å². The van der Waals surface area contributed by atoms with Gasteiger partial charge in [0.05, 0.1) is 8.95 Å². The molecule has 0 fully saturated rings. The molecular formula is C19H14Br2N2O4S. The van der Waals surface area contributed by atoms with Gasteiger partial charge in [0.2, 0.25) is 0 Å². The number of amides is 2. The summed E-state index contributed by atoms with van der Waals surface area (Å²) in [7, 11) is 0. The lowest BCUT2D eigenvalue weighted by molar-refractivity contribution is -0.116. The topological polar surface area (TPSA) is 84.8 Å². The number of nitrogens with zero attached hydrogens (tertiary/aromatic N) is 1. The summed E-state index contributed by atoms with van der Waals surface area (Å²) in [6.45, 7) is 0.401. The van der Waals surface area contributed by atoms with Crippen LogP contribution in [0.25, 0.3) is 0 Å². The molecular weight excluding hydrogens is 512 g/mol. The number of thioether (sulfide) groups is 1. The standard InChI is InChI=1S/C19H14Br2N2O4S/c20-15-6-12(22-18(24)13-9-28-10-14(13)19(25)23-26)7-16(21)17(15)27-8-11-4-2-1-3-5-11/h1-7H,8-10H2,(H,22,24). The van der Waals surface area contributed by atoms with E-state index >= 15 is 0 Å². The maximum Gasteiger partial charge on any atom is 0.314 e. The molecule has 1 aliphatic rings. The summed E-state index contributed by atoms with van der Waals surface area (Å²) in [5.41, 5.74) is 2.00. The fourth-order valence-electron chi connectivity index (χ4n) is 2.58. The number of benzene rings is 2. The number of hydrogen-bond acceptors (Lipinski definition) is 5. The van der Waals surface area contributed by atoms with Gasteiger partial charge in [-0.25, -0.2) is 0 Å². The molecule has 6 nitrogen and oxygen atoms in total. The first-order chi connectivity index (χ1) is 13.5. The monoisotopic (exact) mass is 524 g/mol. The van der Waals surface area contributed by atoms with Crippen LogP contribution in [0.1, 0.15) is 5.56 Å². The van der Waals surface area contributed by atoms with E-state index in [-0.39, 0.29) is 11.1 Å². The van der Waals surface area contributed by atoms with Crippen LogP contribution in [-0.2, 0) is 16.2 Å². The quantitative estimate of drug-likeness (QED) is 0.532. The Hall–Kier alpha value is -1.97. The number of anilines is 1. The van der Waals surface area contributed by atoms with E-state index in [2.05, 4.69) is 42.4 Å². The summed E-state index contributed by atoms with van der Waals surface area (Å²) in [6.07, 6.45) is 0. The molecule has 2 aromatic carbocycles. The molecule has 3 rings (SSSR count). The summed E-state index contributed by atoms with van der Waals surface area (Å²) in [5, 5.41) is 5.18. The summed E-state index contributed by atoms with van der Waals surface area (Å²) in [6, 6.07) is 13.2. The first kappa shape index (κ1) is 20.8. The highest BCUT2D eigenvalue weighted by Crippen LogP contribution is 2.37. The molecule has 0 bridgehead atoms. The summed E-state index contributed by atoms with van der Waals surface area (Å²) < 4.78 is 7.19. The van der Waals surface area contributed by atoms with Crippen LogP contribution >= 0.6 is 43.6 Å². The molecule has 2 amide bonds. The SMILES string of the molecule is O=NC(=O)C1=C(C(=O)Nc2cc(Br)c(OCc3ccccc3)c(Br)c2)CSC1. The molecule has 0 radical (unpaired) electrons. The van der Waals surface area contributed by atoms with Crippen molar-refractivity contribution in [2.45, 2.75) is 6.61 Å². The molecule has 2 aromatic rings. The minimum Gasteiger partial charge on any atom is -0.487 e. The molecule has 0 aromatic heterocycles. The van der Waals surface area contributed by atoms with E-state index in [0.717, 1.165) is 5.56 Å². The van der Waals surface area contributed by atoms with Crippen molar-refractivity contribution in [1.82, 2.24) is 0 Å². The molecule has 0 saturated carbocycles. The van der Waals surface area contributed by atoms with E-state index < -0.39 is 11.8 Å². The van der Waals surface area contributed by atoms with Gasteiger partial charge in [0.15, 0.2) is 0 Å². The number of nitroso groups, excluding NO2 is 1. The smallest absolute Gasteiger partial charge is 0.314 e. The minimum absolute atomic E-state index is 0.165. The van der Waals surface area contributed by atoms with E-state index in [9.17, 15) is 14.5 Å². The van der Waals surface area contributed by atoms with Gasteiger partial charge in [0.25, 0.3) is 5.91 Å². The Morgan fingerprint density at radius 2 is 1.71 bits per heavy atom. The van der Waals surface area contributed by atoms with E-state index in [1.807, 2.05) is 30.3 Å². The third-order valence-electron chi connectivity index (χ3n) is 3.95. The fraction of sp³-hybridized carbons (Fsp3) is 0.158. The van der Waals surface area contributed by atoms with E-state index in [1.54, 1.807) is 12.1 Å². The van der Waals surface area contributed by atoms with Crippen LogP contribution in [0.2, 0.25) is 0 Å². The summed E-state index contributed by atoms with van der Waals surface area (Å²) in [4.78, 5) is 34.6. The predicted molar refractivity (Wildman–Crippen MR) is 116 cm³/mol. The zero-order chi connectivity index (χ0) is 20.1. The highest BCUT2D eigenvalue weighted by atomic mass is 79.9. The molecule has 0 unspecified atom stereocenters. The number of nitrogens with one attached hydrogen (secondary N) is 1. The second-order valence-corrected chi connectivity index (χ2v) is 8.54. The molecule has 1 N–H and O–H groups in total. The second kappa shape index (κ2) is 9.49. The molecule has 28 heavy (non-hydrogen) atoms. The summed E-state index contributed by atoms with van der Waals surface area (Å²) in [5.74, 6) is -0.0230. The normalized spacial score (nSPS) is 13.4. The van der Waals surface area contributed by atoms with Gasteiger partial charge < -0.3 is 10.1 Å². The van der Waals surface area contributed by atoms with Gasteiger partial charge in [-0.1, -0.05) is 30.3 Å². The molecule has 1 heterocycles. The van der Waals surface area contributed by atoms with Crippen molar-refractivity contribution in [3.05, 3.63) is 73.0 Å². The maximum absolute atomic E-state index is 12.5. The Kier molecular flexibility index (Phi) is 7.03. The Labute approximate surface area is 182 Å². The number of hydrogen-bond donors (Lipinski definition) is 1. The highest BCUT2D eigenvalue weighted by Gasteiger charge is 2.27. The van der Waals surface area contributed by atoms with Crippen LogP contribution in [0, 0.1) is 4.91 Å². The van der Waals surface area contributed by atoms with Crippen LogP contribution in [0.5, 0.6) is 5.75 Å². The Morgan fingerprint density at radius 3 is 2.36 bits per heavy atom. The van der Waals surface area contributed by atoms with Crippen LogP contribution in [0.3, 0.4) is 0 Å². The number of rotatable bonds is 6. The second-order valence-electron chi connectivity index (χ2n) is 5.84. The molecule has 0 atom stereocenters. The van der Waals surface area contributed by atoms with Gasteiger partial charge in [-0.2, -0.15) is 11.8 Å².